The Hall–Kier alpha value is -2.34. The lowest BCUT2D eigenvalue weighted by Gasteiger charge is -2.42. The molecular weight excluding hydrogens is 334 g/mol. The number of thiazole rings is 1. The van der Waals surface area contributed by atoms with Crippen LogP contribution in [-0.2, 0) is 16.8 Å². The van der Waals surface area contributed by atoms with Gasteiger partial charge in [-0.15, -0.1) is 11.3 Å². The van der Waals surface area contributed by atoms with Crippen molar-refractivity contribution in [2.75, 3.05) is 0 Å². The third-order valence-electron chi connectivity index (χ3n) is 4.57. The standard InChI is InChI=1S/C19H23N3O2S/c1-12-11-25-16(22-12)19(18(2,3)4,24-17(20)23)9-13-10-21-15-8-6-5-7-14(13)15/h5-8,10-11,21H,9H2,1-4H3,(H2,20,23). The summed E-state index contributed by atoms with van der Waals surface area (Å²) >= 11 is 1.50. The van der Waals surface area contributed by atoms with Gasteiger partial charge in [0.25, 0.3) is 0 Å². The molecule has 5 nitrogen and oxygen atoms in total. The first-order valence-electron chi connectivity index (χ1n) is 8.19. The van der Waals surface area contributed by atoms with Gasteiger partial charge in [-0.05, 0) is 18.6 Å². The molecule has 1 aromatic carbocycles. The molecule has 1 unspecified atom stereocenters. The number of carbonyl (C=O) groups excluding carboxylic acids is 1. The van der Waals surface area contributed by atoms with E-state index < -0.39 is 17.1 Å². The molecule has 3 aromatic rings. The van der Waals surface area contributed by atoms with E-state index in [1.54, 1.807) is 0 Å². The Morgan fingerprint density at radius 1 is 1.32 bits per heavy atom. The Bertz CT molecular complexity index is 907. The molecule has 0 saturated heterocycles. The van der Waals surface area contributed by atoms with Crippen molar-refractivity contribution in [1.82, 2.24) is 9.97 Å². The molecule has 0 saturated carbocycles. The SMILES string of the molecule is Cc1csc(C(Cc2c[nH]c3ccccc23)(OC(N)=O)C(C)(C)C)n1. The van der Waals surface area contributed by atoms with Crippen molar-refractivity contribution in [3.05, 3.63) is 52.1 Å². The van der Waals surface area contributed by atoms with E-state index in [-0.39, 0.29) is 0 Å². The molecule has 0 bridgehead atoms. The molecule has 0 radical (unpaired) electrons. The molecule has 3 rings (SSSR count). The zero-order valence-electron chi connectivity index (χ0n) is 14.9. The molecule has 0 aliphatic rings. The lowest BCUT2D eigenvalue weighted by molar-refractivity contribution is -0.0708. The maximum Gasteiger partial charge on any atom is 0.405 e. The van der Waals surface area contributed by atoms with Crippen LogP contribution >= 0.6 is 11.3 Å². The maximum absolute atomic E-state index is 11.8. The number of aryl methyl sites for hydroxylation is 1. The first kappa shape index (κ1) is 17.5. The van der Waals surface area contributed by atoms with Crippen LogP contribution in [0.1, 0.15) is 37.0 Å². The van der Waals surface area contributed by atoms with Gasteiger partial charge in [0.2, 0.25) is 0 Å². The van der Waals surface area contributed by atoms with Crippen molar-refractivity contribution in [1.29, 1.82) is 0 Å². The van der Waals surface area contributed by atoms with Crippen LogP contribution in [-0.4, -0.2) is 16.1 Å². The molecule has 3 N–H and O–H groups in total. The zero-order chi connectivity index (χ0) is 18.2. The third kappa shape index (κ3) is 3.14. The maximum atomic E-state index is 11.8. The summed E-state index contributed by atoms with van der Waals surface area (Å²) in [5.41, 5.74) is 7.15. The van der Waals surface area contributed by atoms with E-state index in [0.717, 1.165) is 27.2 Å². The van der Waals surface area contributed by atoms with Gasteiger partial charge in [0.05, 0.1) is 0 Å². The summed E-state index contributed by atoms with van der Waals surface area (Å²) in [6.45, 7) is 8.06. The Balaban J connectivity index is 2.17. The number of hydrogen-bond acceptors (Lipinski definition) is 4. The monoisotopic (exact) mass is 357 g/mol. The predicted molar refractivity (Wildman–Crippen MR) is 101 cm³/mol. The number of carbonyl (C=O) groups is 1. The number of ether oxygens (including phenoxy) is 1. The van der Waals surface area contributed by atoms with Gasteiger partial charge in [-0.1, -0.05) is 39.0 Å². The van der Waals surface area contributed by atoms with Gasteiger partial charge >= 0.3 is 6.09 Å². The fourth-order valence-electron chi connectivity index (χ4n) is 3.15. The van der Waals surface area contributed by atoms with Crippen molar-refractivity contribution in [3.63, 3.8) is 0 Å². The smallest absolute Gasteiger partial charge is 0.405 e. The first-order valence-corrected chi connectivity index (χ1v) is 9.07. The Morgan fingerprint density at radius 2 is 2.04 bits per heavy atom. The van der Waals surface area contributed by atoms with Crippen molar-refractivity contribution in [2.45, 2.75) is 39.7 Å². The number of benzene rings is 1. The van der Waals surface area contributed by atoms with E-state index in [1.807, 2.05) is 57.5 Å². The first-order chi connectivity index (χ1) is 11.7. The van der Waals surface area contributed by atoms with Gasteiger partial charge in [-0.2, -0.15) is 0 Å². The third-order valence-corrected chi connectivity index (χ3v) is 5.67. The quantitative estimate of drug-likeness (QED) is 0.721. The summed E-state index contributed by atoms with van der Waals surface area (Å²) in [4.78, 5) is 19.7. The zero-order valence-corrected chi connectivity index (χ0v) is 15.7. The molecule has 132 valence electrons. The fraction of sp³-hybridized carbons (Fsp3) is 0.368. The van der Waals surface area contributed by atoms with Gasteiger partial charge < -0.3 is 15.5 Å². The number of amides is 1. The van der Waals surface area contributed by atoms with Crippen molar-refractivity contribution in [3.8, 4) is 0 Å². The number of fused-ring (bicyclic) bond motifs is 1. The predicted octanol–water partition coefficient (Wildman–Crippen LogP) is 4.51. The van der Waals surface area contributed by atoms with E-state index in [4.69, 9.17) is 10.5 Å². The van der Waals surface area contributed by atoms with Crippen molar-refractivity contribution < 1.29 is 9.53 Å². The largest absolute Gasteiger partial charge is 0.435 e. The van der Waals surface area contributed by atoms with Crippen LogP contribution < -0.4 is 5.73 Å². The van der Waals surface area contributed by atoms with Crippen LogP contribution in [0.2, 0.25) is 0 Å². The average Bonchev–Trinajstić information content (AvgIpc) is 3.12. The molecule has 0 spiro atoms. The number of primary amides is 1. The van der Waals surface area contributed by atoms with E-state index >= 15 is 0 Å². The highest BCUT2D eigenvalue weighted by Crippen LogP contribution is 2.47. The van der Waals surface area contributed by atoms with Gasteiger partial charge in [0.1, 0.15) is 5.01 Å². The Morgan fingerprint density at radius 3 is 2.64 bits per heavy atom. The molecule has 0 fully saturated rings. The van der Waals surface area contributed by atoms with Crippen molar-refractivity contribution >= 4 is 28.3 Å². The highest BCUT2D eigenvalue weighted by atomic mass is 32.1. The number of aromatic amines is 1. The lowest BCUT2D eigenvalue weighted by atomic mass is 9.73. The fourth-order valence-corrected chi connectivity index (χ4v) is 4.29. The minimum absolute atomic E-state index is 0.398. The highest BCUT2D eigenvalue weighted by Gasteiger charge is 2.49. The summed E-state index contributed by atoms with van der Waals surface area (Å²) in [5.74, 6) is 0. The molecule has 25 heavy (non-hydrogen) atoms. The van der Waals surface area contributed by atoms with Gasteiger partial charge in [0.15, 0.2) is 5.60 Å². The topological polar surface area (TPSA) is 81.0 Å². The summed E-state index contributed by atoms with van der Waals surface area (Å²) in [5, 5.41) is 3.84. The van der Waals surface area contributed by atoms with Crippen LogP contribution in [0.15, 0.2) is 35.8 Å². The minimum atomic E-state index is -0.942. The number of H-pyrrole nitrogens is 1. The summed E-state index contributed by atoms with van der Waals surface area (Å²) in [6.07, 6.45) is 1.68. The molecule has 2 aromatic heterocycles. The summed E-state index contributed by atoms with van der Waals surface area (Å²) in [7, 11) is 0. The van der Waals surface area contributed by atoms with E-state index in [0.29, 0.717) is 6.42 Å². The van der Waals surface area contributed by atoms with Crippen LogP contribution in [0.5, 0.6) is 0 Å². The summed E-state index contributed by atoms with van der Waals surface area (Å²) in [6, 6.07) is 8.08. The van der Waals surface area contributed by atoms with Crippen LogP contribution in [0, 0.1) is 12.3 Å². The molecule has 0 aliphatic heterocycles. The number of nitrogens with two attached hydrogens (primary N) is 1. The Kier molecular flexibility index (Phi) is 4.33. The van der Waals surface area contributed by atoms with Crippen LogP contribution in [0.3, 0.4) is 0 Å². The van der Waals surface area contributed by atoms with Gasteiger partial charge in [-0.25, -0.2) is 9.78 Å². The van der Waals surface area contributed by atoms with Crippen molar-refractivity contribution in [2.24, 2.45) is 11.1 Å². The number of nitrogens with zero attached hydrogens (tertiary/aromatic N) is 1. The molecule has 0 aliphatic carbocycles. The second kappa shape index (κ2) is 6.19. The highest BCUT2D eigenvalue weighted by molar-refractivity contribution is 7.09. The number of hydrogen-bond donors (Lipinski definition) is 2. The van der Waals surface area contributed by atoms with Gasteiger partial charge in [-0.3, -0.25) is 0 Å². The van der Waals surface area contributed by atoms with Crippen LogP contribution in [0.25, 0.3) is 10.9 Å². The summed E-state index contributed by atoms with van der Waals surface area (Å²) < 4.78 is 5.80. The average molecular weight is 357 g/mol. The number of aromatic nitrogens is 2. The Labute approximate surface area is 151 Å². The van der Waals surface area contributed by atoms with E-state index in [9.17, 15) is 4.79 Å². The second-order valence-electron chi connectivity index (χ2n) is 7.33. The lowest BCUT2D eigenvalue weighted by Crippen LogP contribution is -2.47. The molecular formula is C19H23N3O2S. The number of rotatable bonds is 4. The van der Waals surface area contributed by atoms with Crippen LogP contribution in [0.4, 0.5) is 4.79 Å². The van der Waals surface area contributed by atoms with Gasteiger partial charge in [0, 0.05) is 40.0 Å². The number of nitrogens with one attached hydrogen (secondary N) is 1. The molecule has 1 amide bonds. The molecule has 6 heteroatoms. The molecule has 2 heterocycles. The van der Waals surface area contributed by atoms with E-state index in [2.05, 4.69) is 16.0 Å². The minimum Gasteiger partial charge on any atom is -0.435 e. The number of para-hydroxylation sites is 1. The second-order valence-corrected chi connectivity index (χ2v) is 8.19. The normalized spacial score (nSPS) is 14.4. The van der Waals surface area contributed by atoms with E-state index in [1.165, 1.54) is 11.3 Å². The molecule has 1 atom stereocenters.